The third-order valence-corrected chi connectivity index (χ3v) is 10.1. The Bertz CT molecular complexity index is 2030. The maximum atomic E-state index is 7.41. The predicted molar refractivity (Wildman–Crippen MR) is 170 cm³/mol. The lowest BCUT2D eigenvalue weighted by molar-refractivity contribution is 0.660. The third kappa shape index (κ3) is 2.63. The molecular formula is C40H29N. The first-order valence-corrected chi connectivity index (χ1v) is 14.5. The fraction of sp³-hybridized carbons (Fsp3) is 0.100. The normalized spacial score (nSPS) is 15.6. The van der Waals surface area contributed by atoms with Gasteiger partial charge in [0.05, 0.1) is 5.41 Å². The molecule has 0 fully saturated rings. The number of nitrogen functional groups attached to an aromatic ring is 1. The van der Waals surface area contributed by atoms with Crippen LogP contribution in [0.1, 0.15) is 47.2 Å². The van der Waals surface area contributed by atoms with Gasteiger partial charge in [-0.05, 0) is 72.8 Å². The molecular weight excluding hydrogens is 494 g/mol. The molecule has 9 rings (SSSR count). The van der Waals surface area contributed by atoms with E-state index in [2.05, 4.69) is 141 Å². The zero-order valence-electron chi connectivity index (χ0n) is 23.2. The molecule has 1 spiro atoms. The van der Waals surface area contributed by atoms with E-state index in [4.69, 9.17) is 5.73 Å². The molecule has 2 N–H and O–H groups in total. The highest BCUT2D eigenvalue weighted by atomic mass is 14.6. The maximum absolute atomic E-state index is 7.41. The highest BCUT2D eigenvalue weighted by Gasteiger charge is 2.52. The first-order valence-electron chi connectivity index (χ1n) is 14.5. The summed E-state index contributed by atoms with van der Waals surface area (Å²) in [4.78, 5) is 0. The van der Waals surface area contributed by atoms with Crippen molar-refractivity contribution in [2.75, 3.05) is 5.73 Å². The molecule has 0 aromatic heterocycles. The molecule has 6 aromatic carbocycles. The van der Waals surface area contributed by atoms with Crippen molar-refractivity contribution in [2.24, 2.45) is 0 Å². The fourth-order valence-corrected chi connectivity index (χ4v) is 8.35. The zero-order valence-corrected chi connectivity index (χ0v) is 23.2. The Balaban J connectivity index is 1.34. The number of hydrogen-bond acceptors (Lipinski definition) is 1. The summed E-state index contributed by atoms with van der Waals surface area (Å²) >= 11 is 0. The first kappa shape index (κ1) is 22.9. The quantitative estimate of drug-likeness (QED) is 0.213. The van der Waals surface area contributed by atoms with Gasteiger partial charge in [0, 0.05) is 22.2 Å². The smallest absolute Gasteiger partial charge is 0.0745 e. The fourth-order valence-electron chi connectivity index (χ4n) is 8.35. The van der Waals surface area contributed by atoms with Gasteiger partial charge in [0.2, 0.25) is 0 Å². The molecule has 6 aromatic rings. The molecule has 0 heterocycles. The standard InChI is InChI=1S/C40H29N/c1-39(2)32-15-7-3-11-26(32)30-20-19-24(23-36(30)39)25-21-22-31-29-14-6-10-18-35(29)40(37(31)38(25)41)33-16-8-4-12-27(33)28-13-5-9-17-34(28)40/h3-23H,41H2,1-2H3. The van der Waals surface area contributed by atoms with E-state index < -0.39 is 5.41 Å². The highest BCUT2D eigenvalue weighted by Crippen LogP contribution is 2.64. The summed E-state index contributed by atoms with van der Waals surface area (Å²) in [6, 6.07) is 47.0. The van der Waals surface area contributed by atoms with Gasteiger partial charge in [-0.1, -0.05) is 135 Å². The van der Waals surface area contributed by atoms with Crippen LogP contribution in [0.3, 0.4) is 0 Å². The second-order valence-corrected chi connectivity index (χ2v) is 12.3. The van der Waals surface area contributed by atoms with Gasteiger partial charge < -0.3 is 5.73 Å². The number of anilines is 1. The number of nitrogens with two attached hydrogens (primary N) is 1. The molecule has 1 nitrogen and oxygen atoms in total. The molecule has 0 bridgehead atoms. The van der Waals surface area contributed by atoms with Gasteiger partial charge in [0.1, 0.15) is 0 Å². The van der Waals surface area contributed by atoms with Crippen LogP contribution in [-0.2, 0) is 10.8 Å². The van der Waals surface area contributed by atoms with Crippen molar-refractivity contribution in [3.63, 3.8) is 0 Å². The topological polar surface area (TPSA) is 26.0 Å². The molecule has 194 valence electrons. The Hall–Kier alpha value is -4.88. The average molecular weight is 524 g/mol. The van der Waals surface area contributed by atoms with Crippen molar-refractivity contribution in [2.45, 2.75) is 24.7 Å². The van der Waals surface area contributed by atoms with Gasteiger partial charge in [-0.15, -0.1) is 0 Å². The van der Waals surface area contributed by atoms with Crippen LogP contribution in [0.5, 0.6) is 0 Å². The molecule has 0 aliphatic heterocycles. The van der Waals surface area contributed by atoms with E-state index in [1.807, 2.05) is 0 Å². The number of hydrogen-bond donors (Lipinski definition) is 1. The highest BCUT2D eigenvalue weighted by molar-refractivity contribution is 6.00. The van der Waals surface area contributed by atoms with Gasteiger partial charge in [-0.2, -0.15) is 0 Å². The summed E-state index contributed by atoms with van der Waals surface area (Å²) in [7, 11) is 0. The van der Waals surface area contributed by atoms with E-state index in [0.29, 0.717) is 0 Å². The summed E-state index contributed by atoms with van der Waals surface area (Å²) in [6.07, 6.45) is 0. The second-order valence-electron chi connectivity index (χ2n) is 12.3. The van der Waals surface area contributed by atoms with Crippen LogP contribution in [0.15, 0.2) is 127 Å². The molecule has 0 amide bonds. The predicted octanol–water partition coefficient (Wildman–Crippen LogP) is 9.59. The van der Waals surface area contributed by atoms with Crippen LogP contribution >= 0.6 is 0 Å². The van der Waals surface area contributed by atoms with Crippen LogP contribution in [0, 0.1) is 0 Å². The van der Waals surface area contributed by atoms with Crippen LogP contribution in [0.4, 0.5) is 5.69 Å². The van der Waals surface area contributed by atoms with Crippen molar-refractivity contribution >= 4 is 5.69 Å². The minimum Gasteiger partial charge on any atom is -0.398 e. The summed E-state index contributed by atoms with van der Waals surface area (Å²) in [5.74, 6) is 0. The van der Waals surface area contributed by atoms with Gasteiger partial charge in [0.15, 0.2) is 0 Å². The SMILES string of the molecule is CC1(C)c2ccccc2-c2ccc(-c3ccc4c(c3N)C3(c5ccccc5-c5ccccc53)c3ccccc3-4)cc21. The summed E-state index contributed by atoms with van der Waals surface area (Å²) in [6.45, 7) is 4.68. The van der Waals surface area contributed by atoms with E-state index in [9.17, 15) is 0 Å². The van der Waals surface area contributed by atoms with Gasteiger partial charge >= 0.3 is 0 Å². The summed E-state index contributed by atoms with van der Waals surface area (Å²) in [5.41, 5.74) is 25.8. The molecule has 0 unspecified atom stereocenters. The van der Waals surface area contributed by atoms with E-state index in [1.54, 1.807) is 0 Å². The van der Waals surface area contributed by atoms with E-state index in [1.165, 1.54) is 72.3 Å². The molecule has 0 saturated carbocycles. The monoisotopic (exact) mass is 523 g/mol. The van der Waals surface area contributed by atoms with E-state index in [0.717, 1.165) is 11.3 Å². The lowest BCUT2D eigenvalue weighted by atomic mass is 9.69. The summed E-state index contributed by atoms with van der Waals surface area (Å²) < 4.78 is 0. The molecule has 3 aliphatic carbocycles. The molecule has 0 atom stereocenters. The maximum Gasteiger partial charge on any atom is 0.0745 e. The lowest BCUT2D eigenvalue weighted by Gasteiger charge is -2.32. The van der Waals surface area contributed by atoms with Crippen LogP contribution in [-0.4, -0.2) is 0 Å². The Labute approximate surface area is 240 Å². The number of fused-ring (bicyclic) bond motifs is 13. The minimum absolute atomic E-state index is 0.0613. The Morgan fingerprint density at radius 3 is 1.41 bits per heavy atom. The van der Waals surface area contributed by atoms with Crippen molar-refractivity contribution in [3.8, 4) is 44.5 Å². The Kier molecular flexibility index (Phi) is 4.27. The molecule has 0 radical (unpaired) electrons. The first-order chi connectivity index (χ1) is 20.0. The van der Waals surface area contributed by atoms with Crippen LogP contribution in [0.25, 0.3) is 44.5 Å². The summed E-state index contributed by atoms with van der Waals surface area (Å²) in [5, 5.41) is 0. The van der Waals surface area contributed by atoms with Crippen molar-refractivity contribution < 1.29 is 0 Å². The number of benzene rings is 6. The Morgan fingerprint density at radius 2 is 0.829 bits per heavy atom. The minimum atomic E-state index is -0.439. The molecule has 3 aliphatic rings. The van der Waals surface area contributed by atoms with Crippen LogP contribution in [0.2, 0.25) is 0 Å². The second kappa shape index (κ2) is 7.65. The molecule has 1 heteroatoms. The zero-order chi connectivity index (χ0) is 27.5. The van der Waals surface area contributed by atoms with Gasteiger partial charge in [-0.25, -0.2) is 0 Å². The number of rotatable bonds is 1. The Morgan fingerprint density at radius 1 is 0.415 bits per heavy atom. The average Bonchev–Trinajstić information content (AvgIpc) is 3.57. The largest absolute Gasteiger partial charge is 0.398 e. The van der Waals surface area contributed by atoms with Gasteiger partial charge in [-0.3, -0.25) is 0 Å². The van der Waals surface area contributed by atoms with Crippen molar-refractivity contribution in [1.29, 1.82) is 0 Å². The van der Waals surface area contributed by atoms with E-state index in [-0.39, 0.29) is 5.41 Å². The van der Waals surface area contributed by atoms with Crippen molar-refractivity contribution in [1.82, 2.24) is 0 Å². The van der Waals surface area contributed by atoms with Gasteiger partial charge in [0.25, 0.3) is 0 Å². The van der Waals surface area contributed by atoms with E-state index >= 15 is 0 Å². The van der Waals surface area contributed by atoms with Crippen LogP contribution < -0.4 is 5.73 Å². The molecule has 41 heavy (non-hydrogen) atoms. The molecule has 0 saturated heterocycles. The lowest BCUT2D eigenvalue weighted by Crippen LogP contribution is -2.27. The van der Waals surface area contributed by atoms with Crippen molar-refractivity contribution in [3.05, 3.63) is 161 Å². The third-order valence-electron chi connectivity index (χ3n) is 10.1.